The van der Waals surface area contributed by atoms with Crippen LogP contribution in [0.1, 0.15) is 45.1 Å². The number of benzene rings is 1. The number of unbranched alkanes of at least 4 members (excludes halogenated alkanes) is 2. The molecule has 0 fully saturated rings. The van der Waals surface area contributed by atoms with Gasteiger partial charge in [0.2, 0.25) is 0 Å². The molecule has 0 saturated carbocycles. The van der Waals surface area contributed by atoms with Gasteiger partial charge in [-0.3, -0.25) is 0 Å². The van der Waals surface area contributed by atoms with Crippen LogP contribution >= 0.6 is 0 Å². The minimum atomic E-state index is -0.296. The van der Waals surface area contributed by atoms with Crippen LogP contribution in [0.4, 0.5) is 0 Å². The molecular formula is C17H24O3. The summed E-state index contributed by atoms with van der Waals surface area (Å²) < 4.78 is 10.7. The van der Waals surface area contributed by atoms with Gasteiger partial charge in [0.25, 0.3) is 0 Å². The number of hydrogen-bond donors (Lipinski definition) is 0. The van der Waals surface area contributed by atoms with Crippen molar-refractivity contribution in [3.8, 4) is 5.75 Å². The van der Waals surface area contributed by atoms with Crippen LogP contribution in [0.25, 0.3) is 6.08 Å². The van der Waals surface area contributed by atoms with Gasteiger partial charge in [-0.1, -0.05) is 38.8 Å². The highest BCUT2D eigenvalue weighted by Crippen LogP contribution is 2.15. The number of carbonyl (C=O) groups excluding carboxylic acids is 1. The summed E-state index contributed by atoms with van der Waals surface area (Å²) in [5.41, 5.74) is 0.937. The van der Waals surface area contributed by atoms with Crippen molar-refractivity contribution in [1.82, 2.24) is 0 Å². The third kappa shape index (κ3) is 6.98. The van der Waals surface area contributed by atoms with Gasteiger partial charge < -0.3 is 9.47 Å². The Kier molecular flexibility index (Phi) is 8.20. The number of ether oxygens (including phenoxy) is 2. The van der Waals surface area contributed by atoms with Crippen LogP contribution in [0.15, 0.2) is 30.3 Å². The van der Waals surface area contributed by atoms with E-state index < -0.39 is 0 Å². The van der Waals surface area contributed by atoms with Crippen molar-refractivity contribution in [2.75, 3.05) is 13.2 Å². The highest BCUT2D eigenvalue weighted by molar-refractivity contribution is 5.87. The molecule has 3 nitrogen and oxygen atoms in total. The standard InChI is InChI=1S/C17H24O3/c1-3-5-12-19-16-9-7-8-15(14-16)10-11-17(18)20-13-6-4-2/h7-11,14H,3-6,12-13H2,1-2H3. The molecule has 0 spiro atoms. The summed E-state index contributed by atoms with van der Waals surface area (Å²) in [4.78, 5) is 11.4. The topological polar surface area (TPSA) is 35.5 Å². The third-order valence-electron chi connectivity index (χ3n) is 2.78. The van der Waals surface area contributed by atoms with Gasteiger partial charge >= 0.3 is 5.97 Å². The van der Waals surface area contributed by atoms with E-state index in [1.807, 2.05) is 24.3 Å². The Labute approximate surface area is 121 Å². The van der Waals surface area contributed by atoms with Crippen molar-refractivity contribution < 1.29 is 14.3 Å². The van der Waals surface area contributed by atoms with Gasteiger partial charge in [0.05, 0.1) is 13.2 Å². The molecule has 0 aliphatic rings. The van der Waals surface area contributed by atoms with E-state index in [0.717, 1.165) is 43.6 Å². The zero-order valence-electron chi connectivity index (χ0n) is 12.4. The lowest BCUT2D eigenvalue weighted by Crippen LogP contribution is -2.01. The fourth-order valence-corrected chi connectivity index (χ4v) is 1.57. The summed E-state index contributed by atoms with van der Waals surface area (Å²) in [6.45, 7) is 5.41. The van der Waals surface area contributed by atoms with E-state index in [2.05, 4.69) is 13.8 Å². The molecule has 20 heavy (non-hydrogen) atoms. The monoisotopic (exact) mass is 276 g/mol. The Bertz CT molecular complexity index is 424. The summed E-state index contributed by atoms with van der Waals surface area (Å²) in [7, 11) is 0. The summed E-state index contributed by atoms with van der Waals surface area (Å²) in [6, 6.07) is 7.70. The molecule has 1 rings (SSSR count). The molecule has 0 heterocycles. The Hall–Kier alpha value is -1.77. The molecule has 0 atom stereocenters. The van der Waals surface area contributed by atoms with E-state index >= 15 is 0 Å². The Balaban J connectivity index is 2.46. The maximum Gasteiger partial charge on any atom is 0.330 e. The van der Waals surface area contributed by atoms with Crippen LogP contribution in [0.2, 0.25) is 0 Å². The average Bonchev–Trinajstić information content (AvgIpc) is 2.46. The van der Waals surface area contributed by atoms with Crippen molar-refractivity contribution in [1.29, 1.82) is 0 Å². The smallest absolute Gasteiger partial charge is 0.330 e. The first-order chi connectivity index (χ1) is 9.76. The molecule has 0 bridgehead atoms. The van der Waals surface area contributed by atoms with E-state index in [1.165, 1.54) is 6.08 Å². The molecule has 0 saturated heterocycles. The molecule has 0 unspecified atom stereocenters. The van der Waals surface area contributed by atoms with Crippen molar-refractivity contribution in [3.63, 3.8) is 0 Å². The van der Waals surface area contributed by atoms with Gasteiger partial charge in [0, 0.05) is 6.08 Å². The van der Waals surface area contributed by atoms with E-state index in [-0.39, 0.29) is 5.97 Å². The highest BCUT2D eigenvalue weighted by Gasteiger charge is 1.98. The van der Waals surface area contributed by atoms with Crippen LogP contribution < -0.4 is 4.74 Å². The fourth-order valence-electron chi connectivity index (χ4n) is 1.57. The van der Waals surface area contributed by atoms with Gasteiger partial charge in [0.15, 0.2) is 0 Å². The second kappa shape index (κ2) is 10.1. The normalized spacial score (nSPS) is 10.7. The van der Waals surface area contributed by atoms with Crippen LogP contribution in [0.5, 0.6) is 5.75 Å². The first-order valence-corrected chi connectivity index (χ1v) is 7.34. The fraction of sp³-hybridized carbons (Fsp3) is 0.471. The summed E-state index contributed by atoms with van der Waals surface area (Å²) >= 11 is 0. The van der Waals surface area contributed by atoms with Crippen LogP contribution in [-0.2, 0) is 9.53 Å². The minimum Gasteiger partial charge on any atom is -0.494 e. The summed E-state index contributed by atoms with van der Waals surface area (Å²) in [6.07, 6.45) is 7.29. The molecule has 0 radical (unpaired) electrons. The maximum absolute atomic E-state index is 11.4. The Morgan fingerprint density at radius 2 is 1.90 bits per heavy atom. The largest absolute Gasteiger partial charge is 0.494 e. The summed E-state index contributed by atoms with van der Waals surface area (Å²) in [5.74, 6) is 0.538. The molecule has 3 heteroatoms. The van der Waals surface area contributed by atoms with Crippen molar-refractivity contribution in [2.24, 2.45) is 0 Å². The van der Waals surface area contributed by atoms with Gasteiger partial charge in [-0.2, -0.15) is 0 Å². The molecule has 0 aromatic heterocycles. The zero-order valence-corrected chi connectivity index (χ0v) is 12.4. The Morgan fingerprint density at radius 1 is 1.15 bits per heavy atom. The maximum atomic E-state index is 11.4. The quantitative estimate of drug-likeness (QED) is 0.385. The van der Waals surface area contributed by atoms with E-state index in [0.29, 0.717) is 6.61 Å². The number of rotatable bonds is 9. The molecule has 1 aromatic rings. The molecule has 0 N–H and O–H groups in total. The highest BCUT2D eigenvalue weighted by atomic mass is 16.5. The predicted molar refractivity (Wildman–Crippen MR) is 81.7 cm³/mol. The van der Waals surface area contributed by atoms with Gasteiger partial charge in [-0.25, -0.2) is 4.79 Å². The third-order valence-corrected chi connectivity index (χ3v) is 2.78. The van der Waals surface area contributed by atoms with E-state index in [9.17, 15) is 4.79 Å². The Morgan fingerprint density at radius 3 is 2.65 bits per heavy atom. The predicted octanol–water partition coefficient (Wildman–Crippen LogP) is 4.22. The zero-order chi connectivity index (χ0) is 14.6. The minimum absolute atomic E-state index is 0.296. The van der Waals surface area contributed by atoms with Crippen LogP contribution in [-0.4, -0.2) is 19.2 Å². The second-order valence-electron chi connectivity index (χ2n) is 4.63. The second-order valence-corrected chi connectivity index (χ2v) is 4.63. The lowest BCUT2D eigenvalue weighted by Gasteiger charge is -2.05. The number of hydrogen-bond acceptors (Lipinski definition) is 3. The van der Waals surface area contributed by atoms with Gasteiger partial charge in [0.1, 0.15) is 5.75 Å². The van der Waals surface area contributed by atoms with Gasteiger partial charge in [-0.05, 0) is 36.6 Å². The first-order valence-electron chi connectivity index (χ1n) is 7.34. The summed E-state index contributed by atoms with van der Waals surface area (Å²) in [5, 5.41) is 0. The number of carbonyl (C=O) groups is 1. The van der Waals surface area contributed by atoms with Crippen molar-refractivity contribution in [2.45, 2.75) is 39.5 Å². The van der Waals surface area contributed by atoms with Crippen molar-refractivity contribution >= 4 is 12.0 Å². The number of esters is 1. The van der Waals surface area contributed by atoms with Gasteiger partial charge in [-0.15, -0.1) is 0 Å². The first kappa shape index (κ1) is 16.3. The molecule has 0 aliphatic carbocycles. The van der Waals surface area contributed by atoms with Crippen molar-refractivity contribution in [3.05, 3.63) is 35.9 Å². The molecule has 1 aromatic carbocycles. The van der Waals surface area contributed by atoms with Crippen LogP contribution in [0.3, 0.4) is 0 Å². The lowest BCUT2D eigenvalue weighted by molar-refractivity contribution is -0.137. The molecule has 110 valence electrons. The lowest BCUT2D eigenvalue weighted by atomic mass is 10.2. The van der Waals surface area contributed by atoms with E-state index in [4.69, 9.17) is 9.47 Å². The van der Waals surface area contributed by atoms with Crippen LogP contribution in [0, 0.1) is 0 Å². The molecular weight excluding hydrogens is 252 g/mol. The van der Waals surface area contributed by atoms with E-state index in [1.54, 1.807) is 6.08 Å². The molecule has 0 amide bonds. The SMILES string of the molecule is CCCCOC(=O)C=Cc1cccc(OCCCC)c1. The molecule has 0 aliphatic heterocycles. The average molecular weight is 276 g/mol.